The van der Waals surface area contributed by atoms with Crippen LogP contribution in [0.2, 0.25) is 0 Å². The Balaban J connectivity index is 2.44. The Bertz CT molecular complexity index is 240. The summed E-state index contributed by atoms with van der Waals surface area (Å²) in [5.74, 6) is 0. The fourth-order valence-electron chi connectivity index (χ4n) is 1.15. The number of alkyl halides is 3. The van der Waals surface area contributed by atoms with E-state index in [2.05, 4.69) is 4.74 Å². The van der Waals surface area contributed by atoms with E-state index in [0.29, 0.717) is 5.57 Å². The van der Waals surface area contributed by atoms with E-state index in [-0.39, 0.29) is 6.54 Å². The molecule has 0 amide bonds. The quantitative estimate of drug-likeness (QED) is 0.756. The highest BCUT2D eigenvalue weighted by Gasteiger charge is 2.21. The van der Waals surface area contributed by atoms with Crippen molar-refractivity contribution in [3.8, 4) is 0 Å². The van der Waals surface area contributed by atoms with Gasteiger partial charge in [0.2, 0.25) is 0 Å². The van der Waals surface area contributed by atoms with Crippen molar-refractivity contribution in [3.05, 3.63) is 23.8 Å². The van der Waals surface area contributed by atoms with Crippen molar-refractivity contribution in [1.29, 1.82) is 0 Å². The molecule has 14 heavy (non-hydrogen) atoms. The van der Waals surface area contributed by atoms with Crippen molar-refractivity contribution in [2.75, 3.05) is 13.2 Å². The van der Waals surface area contributed by atoms with E-state index >= 15 is 0 Å². The molecule has 0 saturated carbocycles. The Hall–Kier alpha value is -0.810. The normalized spacial score (nSPS) is 26.8. The van der Waals surface area contributed by atoms with Crippen LogP contribution >= 0.6 is 0 Å². The second-order valence-corrected chi connectivity index (χ2v) is 2.94. The van der Waals surface area contributed by atoms with Crippen LogP contribution in [0.3, 0.4) is 0 Å². The third-order valence-electron chi connectivity index (χ3n) is 1.84. The van der Waals surface area contributed by atoms with Crippen molar-refractivity contribution < 1.29 is 17.9 Å². The highest BCUT2D eigenvalue weighted by molar-refractivity contribution is 5.28. The number of hydrogen-bond donors (Lipinski definition) is 1. The van der Waals surface area contributed by atoms with Gasteiger partial charge < -0.3 is 10.5 Å². The van der Waals surface area contributed by atoms with E-state index in [1.807, 2.05) is 0 Å². The molecule has 0 aromatic carbocycles. The molecular formula is C9H12F3NO. The minimum Gasteiger partial charge on any atom is -0.365 e. The lowest BCUT2D eigenvalue weighted by Gasteiger charge is -2.20. The first-order valence-electron chi connectivity index (χ1n) is 4.26. The maximum absolute atomic E-state index is 13.2. The number of ether oxygens (including phenoxy) is 1. The largest absolute Gasteiger partial charge is 0.365 e. The molecule has 2 nitrogen and oxygen atoms in total. The average Bonchev–Trinajstić information content (AvgIpc) is 2.15. The van der Waals surface area contributed by atoms with E-state index in [9.17, 15) is 13.2 Å². The van der Waals surface area contributed by atoms with Crippen LogP contribution in [0.15, 0.2) is 23.8 Å². The summed E-state index contributed by atoms with van der Waals surface area (Å²) >= 11 is 0. The second-order valence-electron chi connectivity index (χ2n) is 2.94. The summed E-state index contributed by atoms with van der Waals surface area (Å²) in [5, 5.41) is 0. The predicted octanol–water partition coefficient (Wildman–Crippen LogP) is 1.43. The van der Waals surface area contributed by atoms with Crippen molar-refractivity contribution in [1.82, 2.24) is 0 Å². The predicted molar refractivity (Wildman–Crippen MR) is 46.9 cm³/mol. The molecule has 0 aromatic rings. The van der Waals surface area contributed by atoms with Crippen molar-refractivity contribution >= 4 is 0 Å². The molecule has 2 N–H and O–H groups in total. The monoisotopic (exact) mass is 207 g/mol. The molecule has 1 aliphatic rings. The highest BCUT2D eigenvalue weighted by Crippen LogP contribution is 2.17. The summed E-state index contributed by atoms with van der Waals surface area (Å²) in [6.45, 7) is -0.514. The number of rotatable bonds is 4. The Labute approximate surface area is 80.2 Å². The summed E-state index contributed by atoms with van der Waals surface area (Å²) in [5.41, 5.74) is 5.93. The minimum absolute atomic E-state index is 0.235. The lowest BCUT2D eigenvalue weighted by atomic mass is 10.0. The van der Waals surface area contributed by atoms with Gasteiger partial charge in [-0.1, -0.05) is 12.2 Å². The van der Waals surface area contributed by atoms with Gasteiger partial charge in [-0.25, -0.2) is 13.2 Å². The molecule has 80 valence electrons. The molecule has 0 fully saturated rings. The maximum atomic E-state index is 13.2. The Morgan fingerprint density at radius 3 is 2.71 bits per heavy atom. The van der Waals surface area contributed by atoms with E-state index in [4.69, 9.17) is 5.73 Å². The molecule has 0 aromatic heterocycles. The molecular weight excluding hydrogens is 195 g/mol. The zero-order valence-electron chi connectivity index (χ0n) is 7.50. The number of hydrogen-bond acceptors (Lipinski definition) is 2. The highest BCUT2D eigenvalue weighted by atomic mass is 19.3. The average molecular weight is 207 g/mol. The third kappa shape index (κ3) is 3.16. The van der Waals surface area contributed by atoms with Gasteiger partial charge in [-0.3, -0.25) is 0 Å². The van der Waals surface area contributed by atoms with Gasteiger partial charge in [-0.15, -0.1) is 0 Å². The minimum atomic E-state index is -2.57. The van der Waals surface area contributed by atoms with Crippen LogP contribution in [0.5, 0.6) is 0 Å². The van der Waals surface area contributed by atoms with E-state index < -0.39 is 25.3 Å². The van der Waals surface area contributed by atoms with Gasteiger partial charge in [-0.2, -0.15) is 0 Å². The number of halogens is 3. The van der Waals surface area contributed by atoms with Crippen molar-refractivity contribution in [2.24, 2.45) is 5.73 Å². The van der Waals surface area contributed by atoms with Gasteiger partial charge in [-0.05, 0) is 11.6 Å². The lowest BCUT2D eigenvalue weighted by Crippen LogP contribution is -2.27. The maximum Gasteiger partial charge on any atom is 0.261 e. The van der Waals surface area contributed by atoms with Crippen LogP contribution in [-0.4, -0.2) is 31.9 Å². The van der Waals surface area contributed by atoms with E-state index in [0.717, 1.165) is 0 Å². The van der Waals surface area contributed by atoms with Crippen molar-refractivity contribution in [3.63, 3.8) is 0 Å². The second kappa shape index (κ2) is 5.17. The molecule has 0 bridgehead atoms. The smallest absolute Gasteiger partial charge is 0.261 e. The lowest BCUT2D eigenvalue weighted by molar-refractivity contribution is -0.0259. The molecule has 2 atom stereocenters. The molecule has 5 heteroatoms. The fourth-order valence-corrected chi connectivity index (χ4v) is 1.15. The van der Waals surface area contributed by atoms with Crippen LogP contribution in [0.4, 0.5) is 13.2 Å². The van der Waals surface area contributed by atoms with Crippen LogP contribution in [0.25, 0.3) is 0 Å². The summed E-state index contributed by atoms with van der Waals surface area (Å²) in [6.07, 6.45) is -0.593. The Kier molecular flexibility index (Phi) is 4.16. The van der Waals surface area contributed by atoms with Gasteiger partial charge >= 0.3 is 0 Å². The Morgan fingerprint density at radius 2 is 2.21 bits per heavy atom. The first-order chi connectivity index (χ1) is 6.63. The summed E-state index contributed by atoms with van der Waals surface area (Å²) < 4.78 is 41.3. The van der Waals surface area contributed by atoms with Gasteiger partial charge in [0.05, 0.1) is 0 Å². The SMILES string of the molecule is NCC1=CC(F)C(OCC(F)F)C=C1. The molecule has 2 unspecified atom stereocenters. The van der Waals surface area contributed by atoms with Crippen LogP contribution < -0.4 is 5.73 Å². The van der Waals surface area contributed by atoms with Gasteiger partial charge in [0.15, 0.2) is 0 Å². The summed E-state index contributed by atoms with van der Waals surface area (Å²) in [7, 11) is 0. The first-order valence-corrected chi connectivity index (χ1v) is 4.26. The molecule has 1 aliphatic carbocycles. The molecule has 0 spiro atoms. The Morgan fingerprint density at radius 1 is 1.50 bits per heavy atom. The topological polar surface area (TPSA) is 35.2 Å². The number of nitrogens with two attached hydrogens (primary N) is 1. The zero-order chi connectivity index (χ0) is 10.6. The van der Waals surface area contributed by atoms with Gasteiger partial charge in [0.1, 0.15) is 18.9 Å². The van der Waals surface area contributed by atoms with E-state index in [1.54, 1.807) is 6.08 Å². The molecule has 0 radical (unpaired) electrons. The molecule has 0 heterocycles. The fraction of sp³-hybridized carbons (Fsp3) is 0.556. The molecule has 0 aliphatic heterocycles. The molecule has 1 rings (SSSR count). The van der Waals surface area contributed by atoms with Crippen LogP contribution in [-0.2, 0) is 4.74 Å². The zero-order valence-corrected chi connectivity index (χ0v) is 7.50. The first kappa shape index (κ1) is 11.3. The standard InChI is InChI=1S/C9H12F3NO/c10-7-3-6(4-13)1-2-8(7)14-5-9(11)12/h1-3,7-9H,4-5,13H2. The van der Waals surface area contributed by atoms with Gasteiger partial charge in [0.25, 0.3) is 6.43 Å². The van der Waals surface area contributed by atoms with Crippen molar-refractivity contribution in [2.45, 2.75) is 18.7 Å². The summed E-state index contributed by atoms with van der Waals surface area (Å²) in [4.78, 5) is 0. The molecule has 0 saturated heterocycles. The third-order valence-corrected chi connectivity index (χ3v) is 1.84. The van der Waals surface area contributed by atoms with Crippen LogP contribution in [0, 0.1) is 0 Å². The van der Waals surface area contributed by atoms with Crippen LogP contribution in [0.1, 0.15) is 0 Å². The summed E-state index contributed by atoms with van der Waals surface area (Å²) in [6, 6.07) is 0. The van der Waals surface area contributed by atoms with Gasteiger partial charge in [0, 0.05) is 6.54 Å². The van der Waals surface area contributed by atoms with E-state index in [1.165, 1.54) is 12.2 Å².